The standard InChI is InChI=1S/C12H19N3O/c1-8-4-5-13-10(6-8)12-14-11(15-16-12)7-9-2-3-9/h8-10,13H,2-7H2,1H3. The second-order valence-corrected chi connectivity index (χ2v) is 5.33. The van der Waals surface area contributed by atoms with Crippen LogP contribution in [0.25, 0.3) is 0 Å². The van der Waals surface area contributed by atoms with E-state index in [1.807, 2.05) is 0 Å². The van der Waals surface area contributed by atoms with Gasteiger partial charge in [-0.05, 0) is 44.1 Å². The largest absolute Gasteiger partial charge is 0.338 e. The van der Waals surface area contributed by atoms with Gasteiger partial charge in [-0.15, -0.1) is 0 Å². The minimum absolute atomic E-state index is 0.282. The number of rotatable bonds is 3. The first-order chi connectivity index (χ1) is 7.81. The highest BCUT2D eigenvalue weighted by Gasteiger charge is 2.27. The fourth-order valence-electron chi connectivity index (χ4n) is 2.37. The van der Waals surface area contributed by atoms with E-state index in [1.165, 1.54) is 19.3 Å². The second kappa shape index (κ2) is 4.17. The van der Waals surface area contributed by atoms with Gasteiger partial charge in [0.1, 0.15) is 0 Å². The van der Waals surface area contributed by atoms with Crippen LogP contribution in [0.4, 0.5) is 0 Å². The Morgan fingerprint density at radius 1 is 1.38 bits per heavy atom. The number of piperidine rings is 1. The van der Waals surface area contributed by atoms with Crippen molar-refractivity contribution >= 4 is 0 Å². The van der Waals surface area contributed by atoms with Crippen molar-refractivity contribution in [3.05, 3.63) is 11.7 Å². The van der Waals surface area contributed by atoms with E-state index in [9.17, 15) is 0 Å². The Morgan fingerprint density at radius 2 is 2.25 bits per heavy atom. The third kappa shape index (κ3) is 2.26. The van der Waals surface area contributed by atoms with Gasteiger partial charge in [0.2, 0.25) is 5.89 Å². The SMILES string of the molecule is CC1CCNC(c2nc(CC3CC3)no2)C1. The van der Waals surface area contributed by atoms with Crippen molar-refractivity contribution < 1.29 is 4.52 Å². The lowest BCUT2D eigenvalue weighted by Gasteiger charge is -2.25. The summed E-state index contributed by atoms with van der Waals surface area (Å²) in [6.45, 7) is 3.35. The zero-order valence-corrected chi connectivity index (χ0v) is 9.78. The first-order valence-electron chi connectivity index (χ1n) is 6.37. The first-order valence-corrected chi connectivity index (χ1v) is 6.37. The first kappa shape index (κ1) is 10.3. The van der Waals surface area contributed by atoms with Crippen LogP contribution in [0.2, 0.25) is 0 Å². The van der Waals surface area contributed by atoms with Gasteiger partial charge in [-0.3, -0.25) is 0 Å². The monoisotopic (exact) mass is 221 g/mol. The van der Waals surface area contributed by atoms with Crippen molar-refractivity contribution in [2.24, 2.45) is 11.8 Å². The zero-order valence-electron chi connectivity index (χ0n) is 9.78. The van der Waals surface area contributed by atoms with Gasteiger partial charge in [-0.1, -0.05) is 12.1 Å². The predicted molar refractivity (Wildman–Crippen MR) is 59.9 cm³/mol. The van der Waals surface area contributed by atoms with Crippen molar-refractivity contribution in [1.29, 1.82) is 0 Å². The van der Waals surface area contributed by atoms with Crippen LogP contribution in [-0.4, -0.2) is 16.7 Å². The molecule has 1 aliphatic carbocycles. The Morgan fingerprint density at radius 3 is 3.00 bits per heavy atom. The lowest BCUT2D eigenvalue weighted by atomic mass is 9.94. The molecule has 0 spiro atoms. The van der Waals surface area contributed by atoms with E-state index in [1.54, 1.807) is 0 Å². The quantitative estimate of drug-likeness (QED) is 0.849. The van der Waals surface area contributed by atoms with Crippen molar-refractivity contribution in [2.75, 3.05) is 6.54 Å². The molecule has 1 saturated carbocycles. The number of hydrogen-bond donors (Lipinski definition) is 1. The lowest BCUT2D eigenvalue weighted by Crippen LogP contribution is -2.30. The summed E-state index contributed by atoms with van der Waals surface area (Å²) in [6, 6.07) is 0.282. The van der Waals surface area contributed by atoms with E-state index in [4.69, 9.17) is 4.52 Å². The average Bonchev–Trinajstić information content (AvgIpc) is 2.94. The molecule has 16 heavy (non-hydrogen) atoms. The minimum Gasteiger partial charge on any atom is -0.338 e. The number of hydrogen-bond acceptors (Lipinski definition) is 4. The number of nitrogens with one attached hydrogen (secondary N) is 1. The Hall–Kier alpha value is -0.900. The smallest absolute Gasteiger partial charge is 0.243 e. The zero-order chi connectivity index (χ0) is 11.0. The van der Waals surface area contributed by atoms with Crippen LogP contribution in [-0.2, 0) is 6.42 Å². The van der Waals surface area contributed by atoms with Crippen molar-refractivity contribution in [2.45, 2.75) is 45.1 Å². The van der Waals surface area contributed by atoms with Gasteiger partial charge >= 0.3 is 0 Å². The van der Waals surface area contributed by atoms with Crippen LogP contribution >= 0.6 is 0 Å². The minimum atomic E-state index is 0.282. The summed E-state index contributed by atoms with van der Waals surface area (Å²) in [4.78, 5) is 4.51. The molecule has 0 bridgehead atoms. The number of nitrogens with zero attached hydrogens (tertiary/aromatic N) is 2. The predicted octanol–water partition coefficient (Wildman–Crippen LogP) is 2.08. The molecule has 1 aromatic rings. The Bertz CT molecular complexity index is 359. The van der Waals surface area contributed by atoms with E-state index in [2.05, 4.69) is 22.4 Å². The molecule has 88 valence electrons. The van der Waals surface area contributed by atoms with Gasteiger partial charge in [0.25, 0.3) is 0 Å². The van der Waals surface area contributed by atoms with E-state index in [0.717, 1.165) is 42.9 Å². The molecule has 1 aliphatic heterocycles. The normalized spacial score (nSPS) is 30.6. The maximum Gasteiger partial charge on any atom is 0.243 e. The molecule has 4 nitrogen and oxygen atoms in total. The van der Waals surface area contributed by atoms with Crippen molar-refractivity contribution in [1.82, 2.24) is 15.5 Å². The summed E-state index contributed by atoms with van der Waals surface area (Å²) >= 11 is 0. The summed E-state index contributed by atoms with van der Waals surface area (Å²) in [6.07, 6.45) is 6.04. The van der Waals surface area contributed by atoms with E-state index < -0.39 is 0 Å². The van der Waals surface area contributed by atoms with Gasteiger partial charge < -0.3 is 9.84 Å². The molecule has 2 aliphatic rings. The van der Waals surface area contributed by atoms with Gasteiger partial charge in [0.15, 0.2) is 5.82 Å². The van der Waals surface area contributed by atoms with E-state index in [-0.39, 0.29) is 6.04 Å². The third-order valence-electron chi connectivity index (χ3n) is 3.62. The van der Waals surface area contributed by atoms with E-state index >= 15 is 0 Å². The summed E-state index contributed by atoms with van der Waals surface area (Å²) in [5.41, 5.74) is 0. The molecule has 1 N–H and O–H groups in total. The average molecular weight is 221 g/mol. The van der Waals surface area contributed by atoms with Gasteiger partial charge in [0, 0.05) is 6.42 Å². The fraction of sp³-hybridized carbons (Fsp3) is 0.833. The molecule has 2 unspecified atom stereocenters. The third-order valence-corrected chi connectivity index (χ3v) is 3.62. The topological polar surface area (TPSA) is 51.0 Å². The van der Waals surface area contributed by atoms with Crippen LogP contribution in [0.3, 0.4) is 0 Å². The summed E-state index contributed by atoms with van der Waals surface area (Å²) in [5.74, 6) is 3.27. The summed E-state index contributed by atoms with van der Waals surface area (Å²) < 4.78 is 5.36. The Labute approximate surface area is 95.8 Å². The van der Waals surface area contributed by atoms with Gasteiger partial charge in [-0.25, -0.2) is 0 Å². The van der Waals surface area contributed by atoms with Crippen LogP contribution in [0.15, 0.2) is 4.52 Å². The second-order valence-electron chi connectivity index (χ2n) is 5.33. The highest BCUT2D eigenvalue weighted by Crippen LogP contribution is 2.32. The summed E-state index contributed by atoms with van der Waals surface area (Å²) in [5, 5.41) is 7.52. The molecule has 4 heteroatoms. The molecule has 2 heterocycles. The number of aromatic nitrogens is 2. The Kier molecular flexibility index (Phi) is 2.67. The molecule has 0 radical (unpaired) electrons. The fourth-order valence-corrected chi connectivity index (χ4v) is 2.37. The highest BCUT2D eigenvalue weighted by atomic mass is 16.5. The molecule has 1 saturated heterocycles. The van der Waals surface area contributed by atoms with Crippen LogP contribution in [0.5, 0.6) is 0 Å². The maximum absolute atomic E-state index is 5.36. The van der Waals surface area contributed by atoms with Crippen molar-refractivity contribution in [3.63, 3.8) is 0 Å². The molecular formula is C12H19N3O. The highest BCUT2D eigenvalue weighted by molar-refractivity contribution is 4.97. The molecule has 0 amide bonds. The molecule has 2 atom stereocenters. The summed E-state index contributed by atoms with van der Waals surface area (Å²) in [7, 11) is 0. The molecule has 3 rings (SSSR count). The van der Waals surface area contributed by atoms with Crippen LogP contribution < -0.4 is 5.32 Å². The van der Waals surface area contributed by atoms with Crippen LogP contribution in [0.1, 0.15) is 50.4 Å². The molecular weight excluding hydrogens is 202 g/mol. The molecule has 0 aromatic carbocycles. The van der Waals surface area contributed by atoms with E-state index in [0.29, 0.717) is 0 Å². The van der Waals surface area contributed by atoms with Gasteiger partial charge in [0.05, 0.1) is 6.04 Å². The molecule has 2 fully saturated rings. The van der Waals surface area contributed by atoms with Gasteiger partial charge in [-0.2, -0.15) is 4.98 Å². The lowest BCUT2D eigenvalue weighted by molar-refractivity contribution is 0.259. The van der Waals surface area contributed by atoms with Crippen molar-refractivity contribution in [3.8, 4) is 0 Å². The Balaban J connectivity index is 1.65. The van der Waals surface area contributed by atoms with Crippen LogP contribution in [0, 0.1) is 11.8 Å². The molecule has 1 aromatic heterocycles. The maximum atomic E-state index is 5.36.